The number of rotatable bonds is 5. The molecule has 0 unspecified atom stereocenters. The Kier molecular flexibility index (Phi) is 4.62. The number of hydrogen-bond acceptors (Lipinski definition) is 6. The maximum Gasteiger partial charge on any atom is 0.274 e. The maximum absolute atomic E-state index is 11.9. The van der Waals surface area contributed by atoms with Crippen molar-refractivity contribution in [2.75, 3.05) is 11.5 Å². The third kappa shape index (κ3) is 3.35. The minimum atomic E-state index is -0.540. The molecule has 0 radical (unpaired) electrons. The van der Waals surface area contributed by atoms with Gasteiger partial charge in [0.2, 0.25) is 11.8 Å². The molecule has 2 aromatic rings. The summed E-state index contributed by atoms with van der Waals surface area (Å²) in [6.45, 7) is 3.60. The van der Waals surface area contributed by atoms with Gasteiger partial charge in [-0.15, -0.1) is 0 Å². The molecule has 0 fully saturated rings. The second kappa shape index (κ2) is 6.61. The molecule has 8 nitrogen and oxygen atoms in total. The van der Waals surface area contributed by atoms with Crippen LogP contribution >= 0.6 is 0 Å². The molecule has 8 heteroatoms. The molecule has 2 rings (SSSR count). The highest BCUT2D eigenvalue weighted by Crippen LogP contribution is 2.28. The van der Waals surface area contributed by atoms with E-state index in [0.29, 0.717) is 18.2 Å². The molecule has 0 atom stereocenters. The zero-order valence-electron chi connectivity index (χ0n) is 12.1. The third-order valence-corrected chi connectivity index (χ3v) is 2.75. The molecular weight excluding hydrogens is 288 g/mol. The second-order valence-corrected chi connectivity index (χ2v) is 4.27. The van der Waals surface area contributed by atoms with Crippen molar-refractivity contribution in [2.45, 2.75) is 13.8 Å². The van der Waals surface area contributed by atoms with E-state index in [-0.39, 0.29) is 17.4 Å². The van der Waals surface area contributed by atoms with Crippen LogP contribution in [0.3, 0.4) is 0 Å². The molecule has 0 bridgehead atoms. The predicted octanol–water partition coefficient (Wildman–Crippen LogP) is 2.47. The molecule has 2 aromatic heterocycles. The van der Waals surface area contributed by atoms with Crippen molar-refractivity contribution in [1.29, 1.82) is 0 Å². The van der Waals surface area contributed by atoms with Gasteiger partial charge in [-0.1, -0.05) is 0 Å². The Morgan fingerprint density at radius 3 is 2.68 bits per heavy atom. The van der Waals surface area contributed by atoms with Crippen LogP contribution in [0.2, 0.25) is 0 Å². The molecule has 0 saturated heterocycles. The summed E-state index contributed by atoms with van der Waals surface area (Å²) in [5, 5.41) is 10.9. The summed E-state index contributed by atoms with van der Waals surface area (Å²) in [7, 11) is 0. The van der Waals surface area contributed by atoms with Gasteiger partial charge in [0.1, 0.15) is 5.82 Å². The van der Waals surface area contributed by atoms with E-state index in [4.69, 9.17) is 4.74 Å². The number of pyridine rings is 2. The zero-order valence-corrected chi connectivity index (χ0v) is 12.1. The Morgan fingerprint density at radius 1 is 1.32 bits per heavy atom. The van der Waals surface area contributed by atoms with E-state index in [0.717, 1.165) is 0 Å². The number of amides is 1. The molecule has 0 saturated carbocycles. The smallest absolute Gasteiger partial charge is 0.274 e. The first-order valence-electron chi connectivity index (χ1n) is 6.53. The van der Waals surface area contributed by atoms with Crippen LogP contribution in [-0.4, -0.2) is 27.4 Å². The summed E-state index contributed by atoms with van der Waals surface area (Å²) in [6, 6.07) is 5.68. The molecule has 0 spiro atoms. The summed E-state index contributed by atoms with van der Waals surface area (Å²) in [4.78, 5) is 31.6. The number of carbonyl (C=O) groups is 1. The predicted molar refractivity (Wildman–Crippen MR) is 79.1 cm³/mol. The second-order valence-electron chi connectivity index (χ2n) is 4.27. The van der Waals surface area contributed by atoms with Crippen LogP contribution in [0, 0.1) is 10.1 Å². The van der Waals surface area contributed by atoms with E-state index in [9.17, 15) is 14.9 Å². The summed E-state index contributed by atoms with van der Waals surface area (Å²) in [6.07, 6.45) is 2.78. The van der Waals surface area contributed by atoms with Crippen molar-refractivity contribution in [2.24, 2.45) is 0 Å². The summed E-state index contributed by atoms with van der Waals surface area (Å²) in [5.74, 6) is 0.189. The van der Waals surface area contributed by atoms with Crippen LogP contribution < -0.4 is 9.64 Å². The Hall–Kier alpha value is -3.03. The third-order valence-electron chi connectivity index (χ3n) is 2.75. The van der Waals surface area contributed by atoms with E-state index in [2.05, 4.69) is 9.97 Å². The van der Waals surface area contributed by atoms with Crippen molar-refractivity contribution in [3.8, 4) is 5.88 Å². The van der Waals surface area contributed by atoms with Crippen LogP contribution in [0.25, 0.3) is 0 Å². The molecule has 0 aliphatic rings. The number of ether oxygens (including phenoxy) is 1. The number of hydrogen-bond donors (Lipinski definition) is 0. The molecule has 0 aromatic carbocycles. The highest BCUT2D eigenvalue weighted by atomic mass is 16.6. The fraction of sp³-hybridized carbons (Fsp3) is 0.214. The lowest BCUT2D eigenvalue weighted by Gasteiger charge is -2.20. The van der Waals surface area contributed by atoms with E-state index in [1.807, 2.05) is 6.92 Å². The minimum Gasteiger partial charge on any atom is -0.478 e. The van der Waals surface area contributed by atoms with Gasteiger partial charge in [-0.05, 0) is 13.0 Å². The highest BCUT2D eigenvalue weighted by molar-refractivity contribution is 5.98. The largest absolute Gasteiger partial charge is 0.478 e. The highest BCUT2D eigenvalue weighted by Gasteiger charge is 2.19. The summed E-state index contributed by atoms with van der Waals surface area (Å²) in [5.41, 5.74) is 0.328. The van der Waals surface area contributed by atoms with Crippen LogP contribution in [0.4, 0.5) is 17.2 Å². The molecule has 0 N–H and O–H groups in total. The fourth-order valence-electron chi connectivity index (χ4n) is 1.88. The van der Waals surface area contributed by atoms with Crippen molar-refractivity contribution in [3.63, 3.8) is 0 Å². The lowest BCUT2D eigenvalue weighted by Crippen LogP contribution is -2.23. The van der Waals surface area contributed by atoms with Crippen molar-refractivity contribution < 1.29 is 14.5 Å². The monoisotopic (exact) mass is 302 g/mol. The molecule has 0 aliphatic heterocycles. The standard InChI is InChI=1S/C14H14N4O4/c1-3-22-14-9-11(4-7-16-14)17(10(2)19)13-8-12(18(20)21)5-6-15-13/h4-9H,3H2,1-2H3. The summed E-state index contributed by atoms with van der Waals surface area (Å²) < 4.78 is 5.30. The number of nitrogens with zero attached hydrogens (tertiary/aromatic N) is 4. The van der Waals surface area contributed by atoms with Crippen LogP contribution in [-0.2, 0) is 4.79 Å². The van der Waals surface area contributed by atoms with Crippen molar-refractivity contribution in [3.05, 3.63) is 46.8 Å². The van der Waals surface area contributed by atoms with Gasteiger partial charge in [-0.2, -0.15) is 0 Å². The average molecular weight is 302 g/mol. The van der Waals surface area contributed by atoms with E-state index < -0.39 is 4.92 Å². The first-order valence-corrected chi connectivity index (χ1v) is 6.53. The molecular formula is C14H14N4O4. The minimum absolute atomic E-state index is 0.143. The van der Waals surface area contributed by atoms with Gasteiger partial charge in [0, 0.05) is 31.5 Å². The number of anilines is 2. The number of aromatic nitrogens is 2. The van der Waals surface area contributed by atoms with Gasteiger partial charge >= 0.3 is 0 Å². The van der Waals surface area contributed by atoms with Gasteiger partial charge in [-0.25, -0.2) is 9.97 Å². The Labute approximate surface area is 126 Å². The molecule has 1 amide bonds. The normalized spacial score (nSPS) is 10.1. The quantitative estimate of drug-likeness (QED) is 0.621. The lowest BCUT2D eigenvalue weighted by atomic mass is 10.3. The number of carbonyl (C=O) groups excluding carboxylic acids is 1. The molecule has 22 heavy (non-hydrogen) atoms. The van der Waals surface area contributed by atoms with E-state index >= 15 is 0 Å². The van der Waals surface area contributed by atoms with Gasteiger partial charge in [0.25, 0.3) is 5.69 Å². The first kappa shape index (κ1) is 15.4. The molecule has 0 aliphatic carbocycles. The molecule has 2 heterocycles. The summed E-state index contributed by atoms with van der Waals surface area (Å²) >= 11 is 0. The lowest BCUT2D eigenvalue weighted by molar-refractivity contribution is -0.384. The average Bonchev–Trinajstić information content (AvgIpc) is 2.48. The van der Waals surface area contributed by atoms with Crippen molar-refractivity contribution in [1.82, 2.24) is 9.97 Å². The van der Waals surface area contributed by atoms with Gasteiger partial charge in [0.15, 0.2) is 0 Å². The SMILES string of the molecule is CCOc1cc(N(C(C)=O)c2cc([N+](=O)[O-])ccn2)ccn1. The van der Waals surface area contributed by atoms with Gasteiger partial charge in [0.05, 0.1) is 23.3 Å². The van der Waals surface area contributed by atoms with E-state index in [1.165, 1.54) is 36.4 Å². The Morgan fingerprint density at radius 2 is 2.05 bits per heavy atom. The van der Waals surface area contributed by atoms with Crippen LogP contribution in [0.5, 0.6) is 5.88 Å². The zero-order chi connectivity index (χ0) is 16.1. The number of nitro groups is 1. The Bertz CT molecular complexity index is 705. The first-order chi connectivity index (χ1) is 10.5. The van der Waals surface area contributed by atoms with Crippen molar-refractivity contribution >= 4 is 23.1 Å². The molecule has 114 valence electrons. The van der Waals surface area contributed by atoms with E-state index in [1.54, 1.807) is 12.1 Å². The maximum atomic E-state index is 11.9. The van der Waals surface area contributed by atoms with Crippen LogP contribution in [0.1, 0.15) is 13.8 Å². The van der Waals surface area contributed by atoms with Gasteiger partial charge < -0.3 is 4.74 Å². The topological polar surface area (TPSA) is 98.5 Å². The fourth-order valence-corrected chi connectivity index (χ4v) is 1.88. The van der Waals surface area contributed by atoms with Gasteiger partial charge in [-0.3, -0.25) is 19.8 Å². The Balaban J connectivity index is 2.46. The van der Waals surface area contributed by atoms with Crippen LogP contribution in [0.15, 0.2) is 36.7 Å².